The van der Waals surface area contributed by atoms with E-state index in [1.54, 1.807) is 23.1 Å². The number of carbonyl (C=O) groups excluding carboxylic acids is 1. The summed E-state index contributed by atoms with van der Waals surface area (Å²) in [5.41, 5.74) is 2.56. The second-order valence-corrected chi connectivity index (χ2v) is 6.59. The molecule has 1 nitrogen and oxygen atoms in total. The van der Waals surface area contributed by atoms with Crippen molar-refractivity contribution in [3.8, 4) is 0 Å². The molecule has 0 N–H and O–H groups in total. The minimum atomic E-state index is 0.241. The maximum Gasteiger partial charge on any atom is 0.182 e. The number of Topliss-reactive ketones (excluding diaryl/α,β-unsaturated/α-hetero) is 1. The van der Waals surface area contributed by atoms with Gasteiger partial charge in [-0.05, 0) is 31.5 Å². The molecule has 0 fully saturated rings. The van der Waals surface area contributed by atoms with Gasteiger partial charge in [-0.15, -0.1) is 23.1 Å². The third kappa shape index (κ3) is 3.72. The van der Waals surface area contributed by atoms with Crippen molar-refractivity contribution in [2.75, 3.05) is 5.75 Å². The van der Waals surface area contributed by atoms with E-state index in [0.717, 1.165) is 10.6 Å². The Morgan fingerprint density at radius 2 is 2.06 bits per heavy atom. The number of aryl methyl sites for hydroxylation is 2. The molecule has 1 aromatic carbocycles. The highest BCUT2D eigenvalue weighted by Gasteiger charge is 2.08. The van der Waals surface area contributed by atoms with Crippen molar-refractivity contribution in [3.63, 3.8) is 0 Å². The van der Waals surface area contributed by atoms with Crippen molar-refractivity contribution in [1.82, 2.24) is 0 Å². The van der Waals surface area contributed by atoms with Crippen molar-refractivity contribution in [1.29, 1.82) is 0 Å². The minimum Gasteiger partial charge on any atom is -0.292 e. The Hall–Kier alpha value is -1.06. The molecule has 1 aromatic heterocycles. The Balaban J connectivity index is 1.84. The van der Waals surface area contributed by atoms with Crippen LogP contribution in [-0.2, 0) is 5.75 Å². The summed E-state index contributed by atoms with van der Waals surface area (Å²) in [5, 5.41) is 0. The summed E-state index contributed by atoms with van der Waals surface area (Å²) in [6.07, 6.45) is 0. The fourth-order valence-electron chi connectivity index (χ4n) is 1.72. The molecule has 0 aliphatic carbocycles. The van der Waals surface area contributed by atoms with Gasteiger partial charge in [-0.3, -0.25) is 4.79 Å². The number of thiophene rings is 1. The predicted octanol–water partition coefficient (Wildman–Crippen LogP) is 4.48. The van der Waals surface area contributed by atoms with Gasteiger partial charge in [0.25, 0.3) is 0 Å². The normalized spacial score (nSPS) is 10.6. The third-order valence-electron chi connectivity index (χ3n) is 2.60. The van der Waals surface area contributed by atoms with E-state index in [9.17, 15) is 4.79 Å². The molecule has 0 spiro atoms. The highest BCUT2D eigenvalue weighted by Crippen LogP contribution is 2.19. The Bertz CT molecular complexity index is 543. The molecular formula is C15H16OS2. The molecule has 0 radical (unpaired) electrons. The average Bonchev–Trinajstić information content (AvgIpc) is 2.76. The van der Waals surface area contributed by atoms with Crippen molar-refractivity contribution >= 4 is 28.9 Å². The third-order valence-corrected chi connectivity index (χ3v) is 4.65. The molecule has 94 valence electrons. The zero-order valence-corrected chi connectivity index (χ0v) is 12.2. The highest BCUT2D eigenvalue weighted by atomic mass is 32.2. The molecule has 1 heterocycles. The Morgan fingerprint density at radius 3 is 2.72 bits per heavy atom. The molecule has 0 bridgehead atoms. The van der Waals surface area contributed by atoms with E-state index < -0.39 is 0 Å². The van der Waals surface area contributed by atoms with Crippen molar-refractivity contribution in [3.05, 3.63) is 57.3 Å². The zero-order valence-electron chi connectivity index (χ0n) is 10.6. The van der Waals surface area contributed by atoms with Crippen LogP contribution in [-0.4, -0.2) is 11.5 Å². The fourth-order valence-corrected chi connectivity index (χ4v) is 3.47. The summed E-state index contributed by atoms with van der Waals surface area (Å²) < 4.78 is 0. The monoisotopic (exact) mass is 276 g/mol. The highest BCUT2D eigenvalue weighted by molar-refractivity contribution is 7.99. The first-order chi connectivity index (χ1) is 8.65. The summed E-state index contributed by atoms with van der Waals surface area (Å²) >= 11 is 3.27. The molecule has 0 amide bonds. The fraction of sp³-hybridized carbons (Fsp3) is 0.267. The van der Waals surface area contributed by atoms with E-state index in [4.69, 9.17) is 0 Å². The summed E-state index contributed by atoms with van der Waals surface area (Å²) in [6.45, 7) is 4.12. The molecular weight excluding hydrogens is 260 g/mol. The zero-order chi connectivity index (χ0) is 13.0. The van der Waals surface area contributed by atoms with Crippen LogP contribution in [0.4, 0.5) is 0 Å². The van der Waals surface area contributed by atoms with E-state index in [1.165, 1.54) is 16.0 Å². The second-order valence-electron chi connectivity index (χ2n) is 4.32. The molecule has 0 saturated heterocycles. The average molecular weight is 276 g/mol. The number of benzene rings is 1. The van der Waals surface area contributed by atoms with Crippen LogP contribution >= 0.6 is 23.1 Å². The maximum atomic E-state index is 11.9. The van der Waals surface area contributed by atoms with Crippen LogP contribution < -0.4 is 0 Å². The molecule has 0 unspecified atom stereocenters. The van der Waals surface area contributed by atoms with Crippen LogP contribution in [0.25, 0.3) is 0 Å². The predicted molar refractivity (Wildman–Crippen MR) is 80.7 cm³/mol. The van der Waals surface area contributed by atoms with Gasteiger partial charge in [-0.1, -0.05) is 29.8 Å². The van der Waals surface area contributed by atoms with Gasteiger partial charge >= 0.3 is 0 Å². The molecule has 0 saturated carbocycles. The molecule has 0 atom stereocenters. The maximum absolute atomic E-state index is 11.9. The lowest BCUT2D eigenvalue weighted by molar-refractivity contribution is 0.102. The lowest BCUT2D eigenvalue weighted by Crippen LogP contribution is -1.99. The first-order valence-electron chi connectivity index (χ1n) is 5.88. The second kappa shape index (κ2) is 6.21. The number of thioether (sulfide) groups is 1. The van der Waals surface area contributed by atoms with Gasteiger partial charge in [0.05, 0.1) is 10.6 Å². The van der Waals surface area contributed by atoms with Crippen molar-refractivity contribution in [2.24, 2.45) is 0 Å². The summed E-state index contributed by atoms with van der Waals surface area (Å²) in [4.78, 5) is 14.0. The lowest BCUT2D eigenvalue weighted by Gasteiger charge is -2.02. The summed E-state index contributed by atoms with van der Waals surface area (Å²) in [6, 6.07) is 12.4. The first kappa shape index (κ1) is 13.4. The van der Waals surface area contributed by atoms with Crippen molar-refractivity contribution in [2.45, 2.75) is 19.6 Å². The van der Waals surface area contributed by atoms with Crippen LogP contribution in [0.3, 0.4) is 0 Å². The van der Waals surface area contributed by atoms with Crippen LogP contribution in [0.1, 0.15) is 25.7 Å². The summed E-state index contributed by atoms with van der Waals surface area (Å²) in [5.74, 6) is 1.71. The minimum absolute atomic E-state index is 0.241. The topological polar surface area (TPSA) is 17.1 Å². The Labute approximate surface area is 116 Å². The Morgan fingerprint density at radius 1 is 1.22 bits per heavy atom. The van der Waals surface area contributed by atoms with Gasteiger partial charge in [0.2, 0.25) is 0 Å². The van der Waals surface area contributed by atoms with Gasteiger partial charge in [-0.25, -0.2) is 0 Å². The van der Waals surface area contributed by atoms with E-state index >= 15 is 0 Å². The van der Waals surface area contributed by atoms with Gasteiger partial charge in [0.1, 0.15) is 0 Å². The van der Waals surface area contributed by atoms with E-state index in [-0.39, 0.29) is 5.78 Å². The number of rotatable bonds is 5. The van der Waals surface area contributed by atoms with Crippen LogP contribution in [0.15, 0.2) is 36.4 Å². The molecule has 0 aliphatic rings. The SMILES string of the molecule is Cc1cccc(CSCC(=O)c2ccc(C)s2)c1. The van der Waals surface area contributed by atoms with Crippen LogP contribution in [0.5, 0.6) is 0 Å². The number of hydrogen-bond acceptors (Lipinski definition) is 3. The van der Waals surface area contributed by atoms with E-state index in [1.807, 2.05) is 19.1 Å². The number of ketones is 1. The van der Waals surface area contributed by atoms with Gasteiger partial charge in [0, 0.05) is 10.6 Å². The molecule has 3 heteroatoms. The molecule has 2 aromatic rings. The molecule has 0 aliphatic heterocycles. The first-order valence-corrected chi connectivity index (χ1v) is 7.85. The summed E-state index contributed by atoms with van der Waals surface area (Å²) in [7, 11) is 0. The van der Waals surface area contributed by atoms with Gasteiger partial charge < -0.3 is 0 Å². The number of hydrogen-bond donors (Lipinski definition) is 0. The molecule has 2 rings (SSSR count). The van der Waals surface area contributed by atoms with Crippen molar-refractivity contribution < 1.29 is 4.79 Å². The largest absolute Gasteiger partial charge is 0.292 e. The standard InChI is InChI=1S/C15H16OS2/c1-11-4-3-5-13(8-11)9-17-10-14(16)15-7-6-12(2)18-15/h3-8H,9-10H2,1-2H3. The molecule has 18 heavy (non-hydrogen) atoms. The van der Waals surface area contributed by atoms with Crippen LogP contribution in [0, 0.1) is 13.8 Å². The Kier molecular flexibility index (Phi) is 4.61. The lowest BCUT2D eigenvalue weighted by atomic mass is 10.2. The van der Waals surface area contributed by atoms with Gasteiger partial charge in [0.15, 0.2) is 5.78 Å². The van der Waals surface area contributed by atoms with Crippen LogP contribution in [0.2, 0.25) is 0 Å². The quantitative estimate of drug-likeness (QED) is 0.749. The van der Waals surface area contributed by atoms with E-state index in [0.29, 0.717) is 5.75 Å². The number of carbonyl (C=O) groups is 1. The van der Waals surface area contributed by atoms with E-state index in [2.05, 4.69) is 31.2 Å². The smallest absolute Gasteiger partial charge is 0.182 e. The van der Waals surface area contributed by atoms with Gasteiger partial charge in [-0.2, -0.15) is 0 Å².